The van der Waals surface area contributed by atoms with Gasteiger partial charge in [0.2, 0.25) is 0 Å². The lowest BCUT2D eigenvalue weighted by Gasteiger charge is -2.08. The Hall–Kier alpha value is -0.410. The fraction of sp³-hybridized carbons (Fsp3) is 0.455. The predicted octanol–water partition coefficient (Wildman–Crippen LogP) is 3.01. The first-order valence-corrected chi connectivity index (χ1v) is 5.61. The monoisotopic (exact) mass is 257 g/mol. The van der Waals surface area contributed by atoms with E-state index >= 15 is 0 Å². The molecule has 0 bridgehead atoms. The number of benzene rings is 1. The number of hydrogen-bond acceptors (Lipinski definition) is 1. The van der Waals surface area contributed by atoms with Crippen LogP contribution in [0, 0.1) is 5.82 Å². The summed E-state index contributed by atoms with van der Waals surface area (Å²) in [6, 6.07) is 5.05. The topological polar surface area (TPSA) is 26.0 Å². The maximum atomic E-state index is 13.3. The maximum absolute atomic E-state index is 13.3. The Balaban J connectivity index is 2.04. The SMILES string of the molecule is NC1(CCc2cc(Br)ccc2F)CC1. The summed E-state index contributed by atoms with van der Waals surface area (Å²) in [5.74, 6) is -0.127. The standard InChI is InChI=1S/C11H13BrFN/c12-9-1-2-10(13)8(7-9)3-4-11(14)5-6-11/h1-2,7H,3-6,14H2. The normalized spacial score (nSPS) is 18.2. The van der Waals surface area contributed by atoms with Gasteiger partial charge in [-0.1, -0.05) is 15.9 Å². The predicted molar refractivity (Wildman–Crippen MR) is 58.6 cm³/mol. The van der Waals surface area contributed by atoms with Crippen molar-refractivity contribution in [3.63, 3.8) is 0 Å². The molecule has 1 aliphatic carbocycles. The van der Waals surface area contributed by atoms with Crippen LogP contribution in [0.5, 0.6) is 0 Å². The average molecular weight is 258 g/mol. The molecule has 0 unspecified atom stereocenters. The van der Waals surface area contributed by atoms with Crippen molar-refractivity contribution < 1.29 is 4.39 Å². The molecule has 0 heterocycles. The molecule has 0 aliphatic heterocycles. The fourth-order valence-corrected chi connectivity index (χ4v) is 1.94. The van der Waals surface area contributed by atoms with Crippen molar-refractivity contribution in [1.29, 1.82) is 0 Å². The maximum Gasteiger partial charge on any atom is 0.126 e. The lowest BCUT2D eigenvalue weighted by atomic mass is 10.0. The fourth-order valence-electron chi connectivity index (χ4n) is 1.53. The van der Waals surface area contributed by atoms with Gasteiger partial charge in [0.1, 0.15) is 5.82 Å². The van der Waals surface area contributed by atoms with Gasteiger partial charge in [-0.05, 0) is 49.4 Å². The zero-order valence-electron chi connectivity index (χ0n) is 7.89. The van der Waals surface area contributed by atoms with Crippen LogP contribution in [0.4, 0.5) is 4.39 Å². The number of rotatable bonds is 3. The summed E-state index contributed by atoms with van der Waals surface area (Å²) in [7, 11) is 0. The van der Waals surface area contributed by atoms with Crippen LogP contribution in [0.15, 0.2) is 22.7 Å². The van der Waals surface area contributed by atoms with Crippen molar-refractivity contribution in [3.05, 3.63) is 34.1 Å². The number of aryl methyl sites for hydroxylation is 1. The van der Waals surface area contributed by atoms with E-state index < -0.39 is 0 Å². The van der Waals surface area contributed by atoms with Crippen molar-refractivity contribution >= 4 is 15.9 Å². The highest BCUT2D eigenvalue weighted by Crippen LogP contribution is 2.36. The molecular formula is C11H13BrFN. The molecule has 0 aromatic heterocycles. The lowest BCUT2D eigenvalue weighted by molar-refractivity contribution is 0.571. The summed E-state index contributed by atoms with van der Waals surface area (Å²) < 4.78 is 14.2. The van der Waals surface area contributed by atoms with Gasteiger partial charge in [0.25, 0.3) is 0 Å². The minimum atomic E-state index is -0.127. The first kappa shape index (κ1) is 10.1. The van der Waals surface area contributed by atoms with Gasteiger partial charge in [0.05, 0.1) is 0 Å². The Morgan fingerprint density at radius 1 is 1.43 bits per heavy atom. The van der Waals surface area contributed by atoms with Gasteiger partial charge in [0, 0.05) is 10.0 Å². The average Bonchev–Trinajstić information content (AvgIpc) is 2.87. The Morgan fingerprint density at radius 3 is 2.79 bits per heavy atom. The van der Waals surface area contributed by atoms with E-state index in [4.69, 9.17) is 5.73 Å². The first-order chi connectivity index (χ1) is 6.59. The zero-order valence-corrected chi connectivity index (χ0v) is 9.48. The first-order valence-electron chi connectivity index (χ1n) is 4.82. The summed E-state index contributed by atoms with van der Waals surface area (Å²) in [5.41, 5.74) is 6.72. The van der Waals surface area contributed by atoms with E-state index in [9.17, 15) is 4.39 Å². The highest BCUT2D eigenvalue weighted by molar-refractivity contribution is 9.10. The van der Waals surface area contributed by atoms with Crippen molar-refractivity contribution in [2.24, 2.45) is 5.73 Å². The van der Waals surface area contributed by atoms with E-state index in [0.29, 0.717) is 0 Å². The third kappa shape index (κ3) is 2.34. The van der Waals surface area contributed by atoms with E-state index in [1.54, 1.807) is 6.07 Å². The van der Waals surface area contributed by atoms with Crippen molar-refractivity contribution in [2.75, 3.05) is 0 Å². The van der Waals surface area contributed by atoms with Crippen LogP contribution < -0.4 is 5.73 Å². The highest BCUT2D eigenvalue weighted by Gasteiger charge is 2.37. The molecule has 1 aromatic carbocycles. The number of halogens is 2. The summed E-state index contributed by atoms with van der Waals surface area (Å²) in [6.45, 7) is 0. The van der Waals surface area contributed by atoms with Gasteiger partial charge in [-0.2, -0.15) is 0 Å². The third-order valence-electron chi connectivity index (χ3n) is 2.79. The van der Waals surface area contributed by atoms with Gasteiger partial charge in [-0.3, -0.25) is 0 Å². The van der Waals surface area contributed by atoms with E-state index in [2.05, 4.69) is 15.9 Å². The molecule has 0 spiro atoms. The molecule has 0 atom stereocenters. The van der Waals surface area contributed by atoms with Gasteiger partial charge in [-0.15, -0.1) is 0 Å². The molecule has 1 aliphatic rings. The number of hydrogen-bond donors (Lipinski definition) is 1. The Kier molecular flexibility index (Phi) is 2.62. The smallest absolute Gasteiger partial charge is 0.126 e. The molecule has 1 fully saturated rings. The van der Waals surface area contributed by atoms with Crippen LogP contribution in [0.1, 0.15) is 24.8 Å². The molecule has 76 valence electrons. The second-order valence-electron chi connectivity index (χ2n) is 4.10. The van der Waals surface area contributed by atoms with Crippen molar-refractivity contribution in [2.45, 2.75) is 31.2 Å². The molecule has 3 heteroatoms. The van der Waals surface area contributed by atoms with Gasteiger partial charge < -0.3 is 5.73 Å². The van der Waals surface area contributed by atoms with Crippen molar-refractivity contribution in [1.82, 2.24) is 0 Å². The van der Waals surface area contributed by atoms with Crippen LogP contribution in [0.2, 0.25) is 0 Å². The molecule has 0 radical (unpaired) electrons. The lowest BCUT2D eigenvalue weighted by Crippen LogP contribution is -2.22. The molecule has 1 aromatic rings. The van der Waals surface area contributed by atoms with E-state index in [1.165, 1.54) is 6.07 Å². The summed E-state index contributed by atoms with van der Waals surface area (Å²) in [4.78, 5) is 0. The third-order valence-corrected chi connectivity index (χ3v) is 3.29. The molecule has 1 saturated carbocycles. The van der Waals surface area contributed by atoms with Gasteiger partial charge in [0.15, 0.2) is 0 Å². The van der Waals surface area contributed by atoms with Gasteiger partial charge >= 0.3 is 0 Å². The van der Waals surface area contributed by atoms with E-state index in [-0.39, 0.29) is 11.4 Å². The minimum absolute atomic E-state index is 0.00869. The summed E-state index contributed by atoms with van der Waals surface area (Å²) in [5, 5.41) is 0. The van der Waals surface area contributed by atoms with Crippen LogP contribution in [-0.2, 0) is 6.42 Å². The quantitative estimate of drug-likeness (QED) is 0.886. The van der Waals surface area contributed by atoms with Crippen LogP contribution in [0.25, 0.3) is 0 Å². The molecule has 0 saturated heterocycles. The van der Waals surface area contributed by atoms with Crippen LogP contribution in [-0.4, -0.2) is 5.54 Å². The molecule has 2 N–H and O–H groups in total. The van der Waals surface area contributed by atoms with E-state index in [1.807, 2.05) is 6.07 Å². The Labute approximate surface area is 91.6 Å². The van der Waals surface area contributed by atoms with E-state index in [0.717, 1.165) is 35.7 Å². The molecule has 14 heavy (non-hydrogen) atoms. The minimum Gasteiger partial charge on any atom is -0.325 e. The molecule has 0 amide bonds. The highest BCUT2D eigenvalue weighted by atomic mass is 79.9. The van der Waals surface area contributed by atoms with Gasteiger partial charge in [-0.25, -0.2) is 4.39 Å². The van der Waals surface area contributed by atoms with Crippen LogP contribution in [0.3, 0.4) is 0 Å². The summed E-state index contributed by atoms with van der Waals surface area (Å²) in [6.07, 6.45) is 3.80. The second-order valence-corrected chi connectivity index (χ2v) is 5.01. The molecular weight excluding hydrogens is 245 g/mol. The van der Waals surface area contributed by atoms with Crippen molar-refractivity contribution in [3.8, 4) is 0 Å². The van der Waals surface area contributed by atoms with Crippen LogP contribution >= 0.6 is 15.9 Å². The molecule has 2 rings (SSSR count). The number of nitrogens with two attached hydrogens (primary N) is 1. The summed E-state index contributed by atoms with van der Waals surface area (Å²) >= 11 is 3.33. The largest absolute Gasteiger partial charge is 0.325 e. The Bertz CT molecular complexity index is 347. The molecule has 1 nitrogen and oxygen atoms in total. The second kappa shape index (κ2) is 3.63. The zero-order chi connectivity index (χ0) is 10.2. The Morgan fingerprint density at radius 2 is 2.14 bits per heavy atom.